The molecule has 0 radical (unpaired) electrons. The van der Waals surface area contributed by atoms with Crippen LogP contribution in [0.4, 0.5) is 0 Å². The van der Waals surface area contributed by atoms with Crippen molar-refractivity contribution in [3.05, 3.63) is 28.8 Å². The van der Waals surface area contributed by atoms with Crippen LogP contribution in [0, 0.1) is 17.2 Å². The van der Waals surface area contributed by atoms with Gasteiger partial charge >= 0.3 is 0 Å². The number of benzene rings is 1. The molecule has 5 nitrogen and oxygen atoms in total. The predicted octanol–water partition coefficient (Wildman–Crippen LogP) is 1.60. The third-order valence-electron chi connectivity index (χ3n) is 3.34. The number of nitriles is 1. The molecule has 1 aromatic carbocycles. The summed E-state index contributed by atoms with van der Waals surface area (Å²) in [6, 6.07) is 5.87. The zero-order valence-corrected chi connectivity index (χ0v) is 13.2. The standard InChI is InChI=1S/C12H14ClN3O2S.ClH/c1-8-6-16(7-12(8)15)19(17,18)10-3-2-9(5-14)11(13)4-10;/h2-4,8,12H,6-7,15H2,1H3;1H. The van der Waals surface area contributed by atoms with Crippen molar-refractivity contribution in [2.75, 3.05) is 13.1 Å². The highest BCUT2D eigenvalue weighted by Gasteiger charge is 2.35. The second kappa shape index (κ2) is 6.29. The Balaban J connectivity index is 0.00000200. The molecule has 1 aliphatic rings. The van der Waals surface area contributed by atoms with Gasteiger partial charge in [-0.15, -0.1) is 12.4 Å². The molecule has 1 heterocycles. The summed E-state index contributed by atoms with van der Waals surface area (Å²) >= 11 is 5.87. The average molecular weight is 336 g/mol. The van der Waals surface area contributed by atoms with Crippen LogP contribution in [0.3, 0.4) is 0 Å². The van der Waals surface area contributed by atoms with E-state index >= 15 is 0 Å². The first kappa shape index (κ1) is 17.2. The van der Waals surface area contributed by atoms with E-state index in [1.165, 1.54) is 22.5 Å². The smallest absolute Gasteiger partial charge is 0.243 e. The van der Waals surface area contributed by atoms with Gasteiger partial charge < -0.3 is 5.73 Å². The number of sulfonamides is 1. The normalized spacial score (nSPS) is 23.1. The highest BCUT2D eigenvalue weighted by molar-refractivity contribution is 7.89. The maximum absolute atomic E-state index is 12.4. The topological polar surface area (TPSA) is 87.2 Å². The van der Waals surface area contributed by atoms with Crippen LogP contribution < -0.4 is 5.73 Å². The maximum atomic E-state index is 12.4. The Morgan fingerprint density at radius 3 is 2.55 bits per heavy atom. The van der Waals surface area contributed by atoms with Crippen molar-refractivity contribution in [3.63, 3.8) is 0 Å². The molecule has 0 aliphatic carbocycles. The zero-order chi connectivity index (χ0) is 14.2. The summed E-state index contributed by atoms with van der Waals surface area (Å²) in [4.78, 5) is 0.0952. The molecule has 20 heavy (non-hydrogen) atoms. The summed E-state index contributed by atoms with van der Waals surface area (Å²) in [6.07, 6.45) is 0. The first-order valence-corrected chi connectivity index (χ1v) is 7.63. The average Bonchev–Trinajstić information content (AvgIpc) is 2.70. The summed E-state index contributed by atoms with van der Waals surface area (Å²) < 4.78 is 26.2. The molecule has 2 atom stereocenters. The van der Waals surface area contributed by atoms with Gasteiger partial charge in [-0.05, 0) is 24.1 Å². The molecule has 2 unspecified atom stereocenters. The minimum absolute atomic E-state index is 0. The Labute approximate surface area is 129 Å². The molecule has 0 bridgehead atoms. The van der Waals surface area contributed by atoms with Gasteiger partial charge in [0.1, 0.15) is 6.07 Å². The Bertz CT molecular complexity index is 633. The van der Waals surface area contributed by atoms with Crippen molar-refractivity contribution in [1.29, 1.82) is 5.26 Å². The lowest BCUT2D eigenvalue weighted by Crippen LogP contribution is -2.32. The Morgan fingerprint density at radius 2 is 2.10 bits per heavy atom. The first-order chi connectivity index (χ1) is 8.86. The summed E-state index contributed by atoms with van der Waals surface area (Å²) in [6.45, 7) is 2.63. The summed E-state index contributed by atoms with van der Waals surface area (Å²) in [7, 11) is -3.59. The predicted molar refractivity (Wildman–Crippen MR) is 79.3 cm³/mol. The molecule has 1 aromatic rings. The number of halogens is 2. The molecule has 2 rings (SSSR count). The van der Waals surface area contributed by atoms with Crippen LogP contribution in [0.1, 0.15) is 12.5 Å². The van der Waals surface area contributed by atoms with Crippen molar-refractivity contribution < 1.29 is 8.42 Å². The molecule has 0 amide bonds. The summed E-state index contributed by atoms with van der Waals surface area (Å²) in [5, 5.41) is 8.92. The van der Waals surface area contributed by atoms with Gasteiger partial charge in [0.15, 0.2) is 0 Å². The highest BCUT2D eigenvalue weighted by Crippen LogP contribution is 2.26. The molecule has 8 heteroatoms. The molecule has 1 aliphatic heterocycles. The van der Waals surface area contributed by atoms with Gasteiger partial charge in [-0.1, -0.05) is 18.5 Å². The molecule has 1 fully saturated rings. The van der Waals surface area contributed by atoms with Crippen LogP contribution in [0.2, 0.25) is 5.02 Å². The molecule has 110 valence electrons. The zero-order valence-electron chi connectivity index (χ0n) is 10.8. The maximum Gasteiger partial charge on any atom is 0.243 e. The van der Waals surface area contributed by atoms with Crippen LogP contribution in [-0.4, -0.2) is 31.9 Å². The Morgan fingerprint density at radius 1 is 1.45 bits per heavy atom. The van der Waals surface area contributed by atoms with E-state index in [0.717, 1.165) is 0 Å². The van der Waals surface area contributed by atoms with E-state index in [0.29, 0.717) is 13.1 Å². The van der Waals surface area contributed by atoms with Gasteiger partial charge in [0.2, 0.25) is 10.0 Å². The second-order valence-corrected chi connectivity index (χ2v) is 7.06. The lowest BCUT2D eigenvalue weighted by molar-refractivity contribution is 0.464. The quantitative estimate of drug-likeness (QED) is 0.889. The van der Waals surface area contributed by atoms with E-state index in [2.05, 4.69) is 0 Å². The number of hydrogen-bond donors (Lipinski definition) is 1. The molecular formula is C12H15Cl2N3O2S. The van der Waals surface area contributed by atoms with E-state index in [4.69, 9.17) is 22.6 Å². The Hall–Kier alpha value is -0.840. The van der Waals surface area contributed by atoms with Gasteiger partial charge in [0, 0.05) is 19.1 Å². The van der Waals surface area contributed by atoms with E-state index < -0.39 is 10.0 Å². The van der Waals surface area contributed by atoms with Gasteiger partial charge in [-0.25, -0.2) is 8.42 Å². The number of nitrogens with zero attached hydrogens (tertiary/aromatic N) is 2. The molecule has 2 N–H and O–H groups in total. The number of hydrogen-bond acceptors (Lipinski definition) is 4. The van der Waals surface area contributed by atoms with Gasteiger partial charge in [0.25, 0.3) is 0 Å². The van der Waals surface area contributed by atoms with Crippen molar-refractivity contribution in [3.8, 4) is 6.07 Å². The first-order valence-electron chi connectivity index (χ1n) is 5.81. The fourth-order valence-electron chi connectivity index (χ4n) is 2.04. The van der Waals surface area contributed by atoms with Crippen LogP contribution in [0.5, 0.6) is 0 Å². The highest BCUT2D eigenvalue weighted by atomic mass is 35.5. The van der Waals surface area contributed by atoms with Gasteiger partial charge in [-0.2, -0.15) is 9.57 Å². The molecular weight excluding hydrogens is 321 g/mol. The third-order valence-corrected chi connectivity index (χ3v) is 5.48. The van der Waals surface area contributed by atoms with E-state index in [1.807, 2.05) is 13.0 Å². The SMILES string of the molecule is CC1CN(S(=O)(=O)c2ccc(C#N)c(Cl)c2)CC1N.Cl. The third kappa shape index (κ3) is 3.08. The van der Waals surface area contributed by atoms with Crippen molar-refractivity contribution >= 4 is 34.0 Å². The van der Waals surface area contributed by atoms with E-state index in [9.17, 15) is 8.42 Å². The van der Waals surface area contributed by atoms with Crippen molar-refractivity contribution in [2.24, 2.45) is 11.7 Å². The largest absolute Gasteiger partial charge is 0.326 e. The molecule has 0 saturated carbocycles. The van der Waals surface area contributed by atoms with Crippen LogP contribution >= 0.6 is 24.0 Å². The lowest BCUT2D eigenvalue weighted by atomic mass is 10.1. The minimum Gasteiger partial charge on any atom is -0.326 e. The molecule has 0 aromatic heterocycles. The Kier molecular flexibility index (Phi) is 5.41. The van der Waals surface area contributed by atoms with Gasteiger partial charge in [-0.3, -0.25) is 0 Å². The van der Waals surface area contributed by atoms with Gasteiger partial charge in [0.05, 0.1) is 15.5 Å². The van der Waals surface area contributed by atoms with E-state index in [-0.39, 0.29) is 39.8 Å². The number of nitrogens with two attached hydrogens (primary N) is 1. The number of rotatable bonds is 2. The minimum atomic E-state index is -3.59. The van der Waals surface area contributed by atoms with Crippen LogP contribution in [0.15, 0.2) is 23.1 Å². The fourth-order valence-corrected chi connectivity index (χ4v) is 3.93. The second-order valence-electron chi connectivity index (χ2n) is 4.72. The fraction of sp³-hybridized carbons (Fsp3) is 0.417. The molecule has 0 spiro atoms. The summed E-state index contributed by atoms with van der Waals surface area (Å²) in [5.74, 6) is 0.128. The van der Waals surface area contributed by atoms with Crippen molar-refractivity contribution in [2.45, 2.75) is 17.9 Å². The summed E-state index contributed by atoms with van der Waals surface area (Å²) in [5.41, 5.74) is 6.10. The van der Waals surface area contributed by atoms with Crippen LogP contribution in [0.25, 0.3) is 0 Å². The van der Waals surface area contributed by atoms with Crippen molar-refractivity contribution in [1.82, 2.24) is 4.31 Å². The van der Waals surface area contributed by atoms with Crippen LogP contribution in [-0.2, 0) is 10.0 Å². The molecule has 1 saturated heterocycles. The monoisotopic (exact) mass is 335 g/mol. The lowest BCUT2D eigenvalue weighted by Gasteiger charge is -2.16. The van der Waals surface area contributed by atoms with E-state index in [1.54, 1.807) is 0 Å².